The van der Waals surface area contributed by atoms with E-state index in [4.69, 9.17) is 0 Å². The minimum Gasteiger partial charge on any atom is -0.297 e. The molecule has 122 valence electrons. The van der Waals surface area contributed by atoms with Gasteiger partial charge >= 0.3 is 0 Å². The number of ketones is 1. The number of hydrogen-bond acceptors (Lipinski definition) is 2. The zero-order valence-corrected chi connectivity index (χ0v) is 15.0. The van der Waals surface area contributed by atoms with Crippen LogP contribution in [0, 0.1) is 17.3 Å². The Morgan fingerprint density at radius 2 is 1.48 bits per heavy atom. The molecular weight excluding hydrogens is 258 g/mol. The molecule has 2 aliphatic rings. The van der Waals surface area contributed by atoms with Gasteiger partial charge in [0.2, 0.25) is 0 Å². The Balaban J connectivity index is 2.25. The first-order valence-corrected chi connectivity index (χ1v) is 8.93. The van der Waals surface area contributed by atoms with E-state index in [2.05, 4.69) is 46.4 Å². The van der Waals surface area contributed by atoms with E-state index in [9.17, 15) is 4.79 Å². The number of rotatable bonds is 2. The Kier molecular flexibility index (Phi) is 4.87. The first-order chi connectivity index (χ1) is 9.62. The molecule has 0 aromatic carbocycles. The highest BCUT2D eigenvalue weighted by Crippen LogP contribution is 2.43. The van der Waals surface area contributed by atoms with E-state index in [0.29, 0.717) is 11.7 Å². The highest BCUT2D eigenvalue weighted by atomic mass is 16.1. The third-order valence-corrected chi connectivity index (χ3v) is 5.57. The summed E-state index contributed by atoms with van der Waals surface area (Å²) in [5.41, 5.74) is -0.138. The second-order valence-electron chi connectivity index (χ2n) is 9.27. The zero-order chi connectivity index (χ0) is 15.8. The van der Waals surface area contributed by atoms with Crippen molar-refractivity contribution >= 4 is 5.78 Å². The van der Waals surface area contributed by atoms with Crippen LogP contribution in [0.2, 0.25) is 0 Å². The summed E-state index contributed by atoms with van der Waals surface area (Å²) in [6.45, 7) is 14.2. The van der Waals surface area contributed by atoms with Gasteiger partial charge in [-0.2, -0.15) is 0 Å². The van der Waals surface area contributed by atoms with E-state index >= 15 is 0 Å². The fraction of sp³-hybridized carbons (Fsp3) is 0.947. The van der Waals surface area contributed by atoms with Crippen molar-refractivity contribution in [3.05, 3.63) is 0 Å². The Morgan fingerprint density at radius 1 is 0.905 bits per heavy atom. The van der Waals surface area contributed by atoms with E-state index in [-0.39, 0.29) is 17.0 Å². The van der Waals surface area contributed by atoms with Crippen molar-refractivity contribution in [1.29, 1.82) is 0 Å². The minimum atomic E-state index is -0.231. The second kappa shape index (κ2) is 6.02. The molecule has 0 aromatic heterocycles. The Morgan fingerprint density at radius 3 is 1.95 bits per heavy atom. The largest absolute Gasteiger partial charge is 0.297 e. The molecule has 0 aromatic rings. The topological polar surface area (TPSA) is 20.3 Å². The quantitative estimate of drug-likeness (QED) is 0.737. The van der Waals surface area contributed by atoms with Crippen LogP contribution in [0.5, 0.6) is 0 Å². The molecule has 2 atom stereocenters. The summed E-state index contributed by atoms with van der Waals surface area (Å²) in [6.07, 6.45) is 8.03. The summed E-state index contributed by atoms with van der Waals surface area (Å²) in [4.78, 5) is 15.6. The maximum atomic E-state index is 13.1. The molecule has 0 spiro atoms. The molecule has 2 heteroatoms. The molecule has 0 amide bonds. The average Bonchev–Trinajstić information content (AvgIpc) is 2.82. The normalized spacial score (nSPS) is 29.8. The van der Waals surface area contributed by atoms with Crippen molar-refractivity contribution < 1.29 is 4.79 Å². The molecule has 0 radical (unpaired) electrons. The highest BCUT2D eigenvalue weighted by Gasteiger charge is 2.48. The van der Waals surface area contributed by atoms with Gasteiger partial charge in [0.1, 0.15) is 0 Å². The predicted octanol–water partition coefficient (Wildman–Crippen LogP) is 4.67. The third kappa shape index (κ3) is 3.70. The van der Waals surface area contributed by atoms with Crippen molar-refractivity contribution in [3.63, 3.8) is 0 Å². The lowest BCUT2D eigenvalue weighted by atomic mass is 9.72. The van der Waals surface area contributed by atoms with E-state index in [1.807, 2.05) is 0 Å². The summed E-state index contributed by atoms with van der Waals surface area (Å²) in [6, 6.07) is 0.146. The van der Waals surface area contributed by atoms with Gasteiger partial charge in [-0.25, -0.2) is 0 Å². The maximum absolute atomic E-state index is 13.1. The smallest absolute Gasteiger partial charge is 0.155 e. The molecule has 2 rings (SSSR count). The standard InChI is InChI=1S/C19H35NO/c1-18(2,3)17(21)16-15(14-10-8-7-9-11-14)12-13-20(16)19(4,5)6/h14-16H,7-13H2,1-6H3. The van der Waals surface area contributed by atoms with Crippen LogP contribution in [0.3, 0.4) is 0 Å². The van der Waals surface area contributed by atoms with Crippen LogP contribution in [-0.2, 0) is 4.79 Å². The molecule has 1 saturated heterocycles. The van der Waals surface area contributed by atoms with Gasteiger partial charge in [0.15, 0.2) is 5.78 Å². The summed E-state index contributed by atoms with van der Waals surface area (Å²) < 4.78 is 0. The van der Waals surface area contributed by atoms with E-state index < -0.39 is 0 Å². The number of carbonyl (C=O) groups excluding carboxylic acids is 1. The number of Topliss-reactive ketones (excluding diaryl/α,β-unsaturated/α-hetero) is 1. The van der Waals surface area contributed by atoms with Crippen LogP contribution in [0.1, 0.15) is 80.1 Å². The van der Waals surface area contributed by atoms with Gasteiger partial charge in [0.05, 0.1) is 6.04 Å². The molecule has 1 heterocycles. The molecule has 1 aliphatic heterocycles. The van der Waals surface area contributed by atoms with Crippen molar-refractivity contribution in [3.8, 4) is 0 Å². The second-order valence-corrected chi connectivity index (χ2v) is 9.27. The van der Waals surface area contributed by atoms with Crippen LogP contribution in [0.25, 0.3) is 0 Å². The fourth-order valence-electron chi connectivity index (χ4n) is 4.40. The summed E-state index contributed by atoms with van der Waals surface area (Å²) >= 11 is 0. The molecule has 0 N–H and O–H groups in total. The van der Waals surface area contributed by atoms with Gasteiger partial charge < -0.3 is 0 Å². The number of likely N-dealkylation sites (tertiary alicyclic amines) is 1. The molecule has 2 fully saturated rings. The van der Waals surface area contributed by atoms with E-state index in [1.54, 1.807) is 0 Å². The van der Waals surface area contributed by atoms with Gasteiger partial charge in [0.25, 0.3) is 0 Å². The lowest BCUT2D eigenvalue weighted by Gasteiger charge is -2.42. The average molecular weight is 293 g/mol. The van der Waals surface area contributed by atoms with Crippen LogP contribution in [0.15, 0.2) is 0 Å². The van der Waals surface area contributed by atoms with Gasteiger partial charge in [-0.15, -0.1) is 0 Å². The molecule has 21 heavy (non-hydrogen) atoms. The molecular formula is C19H35NO. The van der Waals surface area contributed by atoms with Crippen molar-refractivity contribution in [2.45, 2.75) is 91.6 Å². The monoisotopic (exact) mass is 293 g/mol. The van der Waals surface area contributed by atoms with Gasteiger partial charge in [-0.05, 0) is 45.6 Å². The fourth-order valence-corrected chi connectivity index (χ4v) is 4.40. The molecule has 2 unspecified atom stereocenters. The van der Waals surface area contributed by atoms with Crippen molar-refractivity contribution in [2.24, 2.45) is 17.3 Å². The van der Waals surface area contributed by atoms with Crippen molar-refractivity contribution in [2.75, 3.05) is 6.54 Å². The van der Waals surface area contributed by atoms with E-state index in [1.165, 1.54) is 38.5 Å². The Hall–Kier alpha value is -0.370. The third-order valence-electron chi connectivity index (χ3n) is 5.57. The van der Waals surface area contributed by atoms with Crippen LogP contribution >= 0.6 is 0 Å². The van der Waals surface area contributed by atoms with Crippen LogP contribution < -0.4 is 0 Å². The zero-order valence-electron chi connectivity index (χ0n) is 15.0. The summed E-state index contributed by atoms with van der Waals surface area (Å²) in [5.74, 6) is 1.84. The van der Waals surface area contributed by atoms with Crippen LogP contribution in [-0.4, -0.2) is 28.8 Å². The molecule has 2 nitrogen and oxygen atoms in total. The number of nitrogens with zero attached hydrogens (tertiary/aromatic N) is 1. The summed E-state index contributed by atoms with van der Waals surface area (Å²) in [5, 5.41) is 0. The van der Waals surface area contributed by atoms with Gasteiger partial charge in [0, 0.05) is 11.0 Å². The molecule has 1 aliphatic carbocycles. The van der Waals surface area contributed by atoms with Gasteiger partial charge in [-0.1, -0.05) is 52.9 Å². The lowest BCUT2D eigenvalue weighted by molar-refractivity contribution is -0.134. The first-order valence-electron chi connectivity index (χ1n) is 8.93. The van der Waals surface area contributed by atoms with Crippen molar-refractivity contribution in [1.82, 2.24) is 4.90 Å². The number of hydrogen-bond donors (Lipinski definition) is 0. The lowest BCUT2D eigenvalue weighted by Crippen LogP contribution is -2.53. The minimum absolute atomic E-state index is 0.0923. The SMILES string of the molecule is CC(C)(C)C(=O)C1C(C2CCCCC2)CCN1C(C)(C)C. The maximum Gasteiger partial charge on any atom is 0.155 e. The summed E-state index contributed by atoms with van der Waals surface area (Å²) in [7, 11) is 0. The molecule has 1 saturated carbocycles. The highest BCUT2D eigenvalue weighted by molar-refractivity contribution is 5.89. The van der Waals surface area contributed by atoms with Gasteiger partial charge in [-0.3, -0.25) is 9.69 Å². The predicted molar refractivity (Wildman–Crippen MR) is 89.4 cm³/mol. The Bertz CT molecular complexity index is 368. The number of carbonyl (C=O) groups is 1. The first kappa shape index (κ1) is 17.0. The van der Waals surface area contributed by atoms with Crippen LogP contribution in [0.4, 0.5) is 0 Å². The Labute approximate surface area is 131 Å². The molecule has 0 bridgehead atoms. The van der Waals surface area contributed by atoms with E-state index in [0.717, 1.165) is 12.5 Å².